The lowest BCUT2D eigenvalue weighted by molar-refractivity contribution is 0.678. The molecule has 0 bridgehead atoms. The molecule has 0 saturated heterocycles. The van der Waals surface area contributed by atoms with Gasteiger partial charge in [-0.05, 0) is 29.9 Å². The van der Waals surface area contributed by atoms with Crippen LogP contribution in [0, 0.1) is 0 Å². The van der Waals surface area contributed by atoms with E-state index in [0.29, 0.717) is 12.3 Å². The molecule has 3 heterocycles. The van der Waals surface area contributed by atoms with Gasteiger partial charge in [-0.15, -0.1) is 21.5 Å². The number of hydrogen-bond donors (Lipinski definition) is 0. The fraction of sp³-hybridized carbons (Fsp3) is 0.316. The van der Waals surface area contributed by atoms with E-state index in [4.69, 9.17) is 0 Å². The molecule has 0 aliphatic heterocycles. The number of unbranched alkanes of at least 4 members (excludes halogenated alkanes) is 1. The average Bonchev–Trinajstić information content (AvgIpc) is 3.30. The van der Waals surface area contributed by atoms with Crippen molar-refractivity contribution in [3.05, 3.63) is 57.7 Å². The Balaban J connectivity index is 1.78. The molecule has 0 radical (unpaired) electrons. The zero-order chi connectivity index (χ0) is 17.9. The molecule has 3 aromatic heterocycles. The second-order valence-corrected chi connectivity index (χ2v) is 8.13. The van der Waals surface area contributed by atoms with Crippen LogP contribution in [-0.4, -0.2) is 24.9 Å². The van der Waals surface area contributed by atoms with Crippen molar-refractivity contribution in [2.45, 2.75) is 37.9 Å². The average molecular weight is 385 g/mol. The van der Waals surface area contributed by atoms with Crippen LogP contribution in [0.2, 0.25) is 0 Å². The maximum Gasteiger partial charge on any atom is 0.272 e. The van der Waals surface area contributed by atoms with Crippen molar-refractivity contribution >= 4 is 39.1 Å². The van der Waals surface area contributed by atoms with Crippen LogP contribution in [0.25, 0.3) is 16.0 Å². The minimum atomic E-state index is 0.0240. The predicted octanol–water partition coefficient (Wildman–Crippen LogP) is 4.24. The van der Waals surface area contributed by atoms with Crippen molar-refractivity contribution in [3.8, 4) is 0 Å². The van der Waals surface area contributed by atoms with Gasteiger partial charge < -0.3 is 0 Å². The molecular formula is C19H20N4OS2. The maximum absolute atomic E-state index is 13.0. The fourth-order valence-electron chi connectivity index (χ4n) is 2.99. The van der Waals surface area contributed by atoms with E-state index in [1.807, 2.05) is 34.0 Å². The first-order valence-electron chi connectivity index (χ1n) is 8.81. The molecule has 0 unspecified atom stereocenters. The lowest BCUT2D eigenvalue weighted by atomic mass is 10.1. The van der Waals surface area contributed by atoms with E-state index < -0.39 is 0 Å². The first-order valence-corrected chi connectivity index (χ1v) is 10.7. The third-order valence-electron chi connectivity index (χ3n) is 4.38. The Kier molecular flexibility index (Phi) is 5.08. The maximum atomic E-state index is 13.0. The van der Waals surface area contributed by atoms with Gasteiger partial charge in [0.15, 0.2) is 5.16 Å². The van der Waals surface area contributed by atoms with Crippen molar-refractivity contribution < 1.29 is 0 Å². The van der Waals surface area contributed by atoms with Gasteiger partial charge in [0.2, 0.25) is 5.78 Å². The minimum absolute atomic E-state index is 0.0240. The molecule has 0 N–H and O–H groups in total. The molecule has 4 aromatic rings. The SMILES string of the molecule is CCCCSc1nnc2n(CCc3ccccc3)c(=O)c3sccc3n12. The Morgan fingerprint density at radius 2 is 2.00 bits per heavy atom. The summed E-state index contributed by atoms with van der Waals surface area (Å²) in [6.45, 7) is 2.78. The molecule has 0 amide bonds. The summed E-state index contributed by atoms with van der Waals surface area (Å²) < 4.78 is 4.57. The van der Waals surface area contributed by atoms with Crippen molar-refractivity contribution in [1.82, 2.24) is 19.2 Å². The molecular weight excluding hydrogens is 364 g/mol. The highest BCUT2D eigenvalue weighted by molar-refractivity contribution is 7.99. The molecule has 26 heavy (non-hydrogen) atoms. The van der Waals surface area contributed by atoms with Crippen LogP contribution in [0.3, 0.4) is 0 Å². The first kappa shape index (κ1) is 17.3. The zero-order valence-corrected chi connectivity index (χ0v) is 16.2. The van der Waals surface area contributed by atoms with E-state index in [0.717, 1.165) is 40.4 Å². The number of rotatable bonds is 7. The fourth-order valence-corrected chi connectivity index (χ4v) is 4.84. The van der Waals surface area contributed by atoms with Gasteiger partial charge in [-0.2, -0.15) is 0 Å². The van der Waals surface area contributed by atoms with Gasteiger partial charge in [-0.25, -0.2) is 0 Å². The largest absolute Gasteiger partial charge is 0.275 e. The zero-order valence-electron chi connectivity index (χ0n) is 14.6. The van der Waals surface area contributed by atoms with Crippen LogP contribution in [0.5, 0.6) is 0 Å². The van der Waals surface area contributed by atoms with E-state index in [9.17, 15) is 4.79 Å². The lowest BCUT2D eigenvalue weighted by Crippen LogP contribution is -2.23. The summed E-state index contributed by atoms with van der Waals surface area (Å²) in [5.74, 6) is 1.64. The summed E-state index contributed by atoms with van der Waals surface area (Å²) in [4.78, 5) is 13.0. The van der Waals surface area contributed by atoms with E-state index >= 15 is 0 Å². The van der Waals surface area contributed by atoms with Crippen LogP contribution >= 0.6 is 23.1 Å². The summed E-state index contributed by atoms with van der Waals surface area (Å²) in [7, 11) is 0. The predicted molar refractivity (Wildman–Crippen MR) is 108 cm³/mol. The van der Waals surface area contributed by atoms with E-state index in [2.05, 4.69) is 29.3 Å². The van der Waals surface area contributed by atoms with E-state index in [1.54, 1.807) is 16.3 Å². The third kappa shape index (κ3) is 3.17. The molecule has 0 saturated carbocycles. The summed E-state index contributed by atoms with van der Waals surface area (Å²) in [6.07, 6.45) is 3.08. The molecule has 0 atom stereocenters. The first-order chi connectivity index (χ1) is 12.8. The number of fused-ring (bicyclic) bond motifs is 3. The van der Waals surface area contributed by atoms with Gasteiger partial charge in [-0.3, -0.25) is 13.8 Å². The Morgan fingerprint density at radius 1 is 1.15 bits per heavy atom. The van der Waals surface area contributed by atoms with Crippen LogP contribution < -0.4 is 5.56 Å². The molecule has 7 heteroatoms. The van der Waals surface area contributed by atoms with Gasteiger partial charge in [0.1, 0.15) is 4.70 Å². The molecule has 1 aromatic carbocycles. The van der Waals surface area contributed by atoms with Crippen molar-refractivity contribution in [3.63, 3.8) is 0 Å². The monoisotopic (exact) mass is 384 g/mol. The van der Waals surface area contributed by atoms with Gasteiger partial charge in [0.25, 0.3) is 5.56 Å². The quantitative estimate of drug-likeness (QED) is 0.353. The summed E-state index contributed by atoms with van der Waals surface area (Å²) in [5, 5.41) is 11.6. The van der Waals surface area contributed by atoms with Crippen molar-refractivity contribution in [2.24, 2.45) is 0 Å². The molecule has 0 aliphatic carbocycles. The summed E-state index contributed by atoms with van der Waals surface area (Å²) >= 11 is 3.19. The van der Waals surface area contributed by atoms with Crippen LogP contribution in [-0.2, 0) is 13.0 Å². The van der Waals surface area contributed by atoms with Gasteiger partial charge in [-0.1, -0.05) is 55.4 Å². The lowest BCUT2D eigenvalue weighted by Gasteiger charge is -2.09. The van der Waals surface area contributed by atoms with E-state index in [1.165, 1.54) is 16.9 Å². The number of nitrogens with zero attached hydrogens (tertiary/aromatic N) is 4. The summed E-state index contributed by atoms with van der Waals surface area (Å²) in [5.41, 5.74) is 2.15. The standard InChI is InChI=1S/C19H20N4OS2/c1-2-3-12-26-19-21-20-18-22(11-9-14-7-5-4-6-8-14)17(24)16-15(23(18)19)10-13-25-16/h4-8,10,13H,2-3,9,11-12H2,1H3. The van der Waals surface area contributed by atoms with Crippen molar-refractivity contribution in [1.29, 1.82) is 0 Å². The topological polar surface area (TPSA) is 52.2 Å². The Hall–Kier alpha value is -2.12. The van der Waals surface area contributed by atoms with E-state index in [-0.39, 0.29) is 5.56 Å². The number of aryl methyl sites for hydroxylation is 2. The van der Waals surface area contributed by atoms with Crippen LogP contribution in [0.4, 0.5) is 0 Å². The summed E-state index contributed by atoms with van der Waals surface area (Å²) in [6, 6.07) is 12.2. The molecule has 0 aliphatic rings. The molecule has 134 valence electrons. The smallest absolute Gasteiger partial charge is 0.272 e. The normalized spacial score (nSPS) is 11.6. The highest BCUT2D eigenvalue weighted by Gasteiger charge is 2.17. The molecule has 5 nitrogen and oxygen atoms in total. The second kappa shape index (κ2) is 7.63. The molecule has 0 spiro atoms. The van der Waals surface area contributed by atoms with Gasteiger partial charge in [0.05, 0.1) is 5.52 Å². The number of thiophene rings is 1. The number of thioether (sulfide) groups is 1. The Bertz CT molecular complexity index is 1080. The second-order valence-electron chi connectivity index (χ2n) is 6.15. The number of benzene rings is 1. The number of hydrogen-bond acceptors (Lipinski definition) is 5. The molecule has 0 fully saturated rings. The third-order valence-corrected chi connectivity index (χ3v) is 6.29. The Morgan fingerprint density at radius 3 is 2.81 bits per heavy atom. The van der Waals surface area contributed by atoms with Crippen molar-refractivity contribution in [2.75, 3.05) is 5.75 Å². The van der Waals surface area contributed by atoms with Gasteiger partial charge >= 0.3 is 0 Å². The van der Waals surface area contributed by atoms with Crippen LogP contribution in [0.1, 0.15) is 25.3 Å². The van der Waals surface area contributed by atoms with Crippen LogP contribution in [0.15, 0.2) is 51.7 Å². The molecule has 4 rings (SSSR count). The number of aromatic nitrogens is 4. The minimum Gasteiger partial charge on any atom is -0.275 e. The Labute approximate surface area is 159 Å². The highest BCUT2D eigenvalue weighted by Crippen LogP contribution is 2.25. The highest BCUT2D eigenvalue weighted by atomic mass is 32.2. The van der Waals surface area contributed by atoms with Gasteiger partial charge in [0, 0.05) is 12.3 Å².